The fourth-order valence-electron chi connectivity index (χ4n) is 3.25. The molecule has 10 heteroatoms. The van der Waals surface area contributed by atoms with Crippen LogP contribution in [0.2, 0.25) is 0 Å². The first kappa shape index (κ1) is 23.1. The number of benzene rings is 3. The zero-order valence-electron chi connectivity index (χ0n) is 17.2. The van der Waals surface area contributed by atoms with E-state index in [0.29, 0.717) is 33.0 Å². The molecule has 7 nitrogen and oxygen atoms in total. The second-order valence-corrected chi connectivity index (χ2v) is 9.11. The Morgan fingerprint density at radius 3 is 2.36 bits per heavy atom. The van der Waals surface area contributed by atoms with Gasteiger partial charge < -0.3 is 5.32 Å². The summed E-state index contributed by atoms with van der Waals surface area (Å²) in [6.07, 6.45) is 0. The van der Waals surface area contributed by atoms with Crippen LogP contribution in [0, 0.1) is 0 Å². The summed E-state index contributed by atoms with van der Waals surface area (Å²) in [6.45, 7) is 0. The van der Waals surface area contributed by atoms with Gasteiger partial charge in [-0.05, 0) is 52.3 Å². The molecule has 3 aromatic carbocycles. The minimum atomic E-state index is -0.410. The van der Waals surface area contributed by atoms with Crippen molar-refractivity contribution in [3.63, 3.8) is 0 Å². The van der Waals surface area contributed by atoms with Crippen molar-refractivity contribution >= 4 is 66.0 Å². The van der Waals surface area contributed by atoms with Gasteiger partial charge in [-0.1, -0.05) is 58.5 Å². The van der Waals surface area contributed by atoms with E-state index < -0.39 is 6.03 Å². The molecule has 33 heavy (non-hydrogen) atoms. The molecule has 166 valence electrons. The molecule has 0 saturated carbocycles. The van der Waals surface area contributed by atoms with Crippen molar-refractivity contribution in [2.45, 2.75) is 0 Å². The minimum absolute atomic E-state index is 0.199. The number of hydrogen-bond acceptors (Lipinski definition) is 4. The number of urea groups is 1. The van der Waals surface area contributed by atoms with Gasteiger partial charge in [0.05, 0.1) is 16.6 Å². The normalized spacial score (nSPS) is 10.6. The molecular formula is C23H17Br2N5O2S. The molecule has 1 heterocycles. The van der Waals surface area contributed by atoms with Crippen molar-refractivity contribution in [3.05, 3.63) is 91.6 Å². The Morgan fingerprint density at radius 2 is 1.70 bits per heavy atom. The van der Waals surface area contributed by atoms with Crippen LogP contribution < -0.4 is 21.7 Å². The van der Waals surface area contributed by atoms with E-state index >= 15 is 0 Å². The Labute approximate surface area is 211 Å². The molecule has 3 N–H and O–H groups in total. The van der Waals surface area contributed by atoms with E-state index in [1.54, 1.807) is 34.9 Å². The highest BCUT2D eigenvalue weighted by atomic mass is 79.9. The first-order valence-electron chi connectivity index (χ1n) is 9.75. The number of carbonyl (C=O) groups is 1. The molecule has 4 aromatic rings. The smallest absolute Gasteiger partial charge is 0.333 e. The first-order valence-corrected chi connectivity index (χ1v) is 11.7. The maximum atomic E-state index is 13.6. The number of thiocarbonyl (C=S) groups is 1. The highest BCUT2D eigenvalue weighted by Gasteiger charge is 2.17. The fourth-order valence-corrected chi connectivity index (χ4v) is 4.75. The zero-order valence-corrected chi connectivity index (χ0v) is 21.2. The minimum Gasteiger partial charge on any atom is -0.340 e. The van der Waals surface area contributed by atoms with Gasteiger partial charge in [0.15, 0.2) is 0 Å². The lowest BCUT2D eigenvalue weighted by Crippen LogP contribution is -2.45. The molecule has 0 aliphatic heterocycles. The summed E-state index contributed by atoms with van der Waals surface area (Å²) >= 11 is 12.3. The van der Waals surface area contributed by atoms with Gasteiger partial charge in [0, 0.05) is 27.1 Å². The van der Waals surface area contributed by atoms with Crippen molar-refractivity contribution in [3.8, 4) is 17.1 Å². The number of amides is 2. The van der Waals surface area contributed by atoms with Gasteiger partial charge in [0.2, 0.25) is 0 Å². The number of hydrogen-bond donors (Lipinski definition) is 3. The number of carbonyl (C=O) groups excluding carboxylic acids is 1. The van der Waals surface area contributed by atoms with Crippen molar-refractivity contribution in [1.29, 1.82) is 0 Å². The van der Waals surface area contributed by atoms with Crippen LogP contribution in [0.5, 0.6) is 0 Å². The predicted octanol–water partition coefficient (Wildman–Crippen LogP) is 4.69. The van der Waals surface area contributed by atoms with Crippen LogP contribution in [0.1, 0.15) is 5.56 Å². The average molecular weight is 587 g/mol. The molecule has 0 unspecified atom stereocenters. The third kappa shape index (κ3) is 4.82. The van der Waals surface area contributed by atoms with Crippen molar-refractivity contribution in [2.24, 2.45) is 0 Å². The summed E-state index contributed by atoms with van der Waals surface area (Å²) in [5.41, 5.74) is 7.61. The molecule has 0 aliphatic rings. The number of nitrogens with zero attached hydrogens (tertiary/aromatic N) is 2. The zero-order chi connectivity index (χ0) is 23.5. The summed E-state index contributed by atoms with van der Waals surface area (Å²) in [5.74, 6) is 0.519. The summed E-state index contributed by atoms with van der Waals surface area (Å²) in [6, 6.07) is 19.9. The van der Waals surface area contributed by atoms with Gasteiger partial charge in [-0.25, -0.2) is 9.78 Å². The van der Waals surface area contributed by atoms with Gasteiger partial charge in [-0.2, -0.15) is 0 Å². The van der Waals surface area contributed by atoms with E-state index in [4.69, 9.17) is 17.2 Å². The Morgan fingerprint density at radius 1 is 1.00 bits per heavy atom. The lowest BCUT2D eigenvalue weighted by molar-refractivity contribution is 0.241. The number of nitrogens with one attached hydrogen (secondary N) is 3. The Hall–Kier alpha value is -3.08. The highest BCUT2D eigenvalue weighted by molar-refractivity contribution is 9.11. The molecule has 0 saturated heterocycles. The molecule has 1 aromatic heterocycles. The van der Waals surface area contributed by atoms with Crippen molar-refractivity contribution in [2.75, 3.05) is 7.05 Å². The first-order chi connectivity index (χ1) is 15.9. The van der Waals surface area contributed by atoms with Crippen molar-refractivity contribution in [1.82, 2.24) is 25.7 Å². The van der Waals surface area contributed by atoms with Crippen LogP contribution in [-0.4, -0.2) is 27.6 Å². The van der Waals surface area contributed by atoms with Crippen LogP contribution >= 0.6 is 44.1 Å². The highest BCUT2D eigenvalue weighted by Crippen LogP contribution is 2.29. The predicted molar refractivity (Wildman–Crippen MR) is 141 cm³/mol. The average Bonchev–Trinajstić information content (AvgIpc) is 2.83. The van der Waals surface area contributed by atoms with Crippen LogP contribution in [0.25, 0.3) is 28.0 Å². The molecule has 0 atom stereocenters. The van der Waals surface area contributed by atoms with Crippen molar-refractivity contribution < 1.29 is 4.79 Å². The monoisotopic (exact) mass is 585 g/mol. The molecule has 0 spiro atoms. The van der Waals surface area contributed by atoms with Crippen LogP contribution in [0.4, 0.5) is 4.79 Å². The van der Waals surface area contributed by atoms with E-state index in [1.165, 1.54) is 7.05 Å². The Kier molecular flexibility index (Phi) is 6.87. The second kappa shape index (κ2) is 9.82. The number of hydrazine groups is 1. The van der Waals surface area contributed by atoms with Gasteiger partial charge in [-0.3, -0.25) is 20.2 Å². The summed E-state index contributed by atoms with van der Waals surface area (Å²) < 4.78 is 3.08. The lowest BCUT2D eigenvalue weighted by atomic mass is 10.1. The number of aromatic nitrogens is 2. The molecule has 4 rings (SSSR count). The Balaban J connectivity index is 1.84. The van der Waals surface area contributed by atoms with Crippen LogP contribution in [0.3, 0.4) is 0 Å². The maximum absolute atomic E-state index is 13.6. The Bertz CT molecular complexity index is 1420. The number of fused-ring (bicyclic) bond motifs is 1. The maximum Gasteiger partial charge on any atom is 0.333 e. The van der Waals surface area contributed by atoms with E-state index in [1.807, 2.05) is 36.4 Å². The SMILES string of the molecule is CNC(=O)NNC(=S)c1ccc(-n2c(-c3ccccc3)nc3c(Br)cc(Br)cc3c2=O)cc1. The second-order valence-electron chi connectivity index (χ2n) is 6.93. The summed E-state index contributed by atoms with van der Waals surface area (Å²) in [7, 11) is 1.51. The lowest BCUT2D eigenvalue weighted by Gasteiger charge is -2.15. The van der Waals surface area contributed by atoms with E-state index in [0.717, 1.165) is 14.5 Å². The van der Waals surface area contributed by atoms with Crippen LogP contribution in [0.15, 0.2) is 80.5 Å². The molecule has 0 aliphatic carbocycles. The molecule has 0 fully saturated rings. The quantitative estimate of drug-likeness (QED) is 0.239. The van der Waals surface area contributed by atoms with E-state index in [2.05, 4.69) is 48.0 Å². The topological polar surface area (TPSA) is 88.1 Å². The third-order valence-electron chi connectivity index (χ3n) is 4.83. The largest absolute Gasteiger partial charge is 0.340 e. The van der Waals surface area contributed by atoms with Gasteiger partial charge >= 0.3 is 6.03 Å². The molecule has 0 bridgehead atoms. The number of halogens is 2. The molecule has 2 amide bonds. The molecule has 0 radical (unpaired) electrons. The molecular weight excluding hydrogens is 570 g/mol. The number of rotatable bonds is 3. The third-order valence-corrected chi connectivity index (χ3v) is 6.23. The van der Waals surface area contributed by atoms with E-state index in [9.17, 15) is 9.59 Å². The summed E-state index contributed by atoms with van der Waals surface area (Å²) in [5, 5.41) is 2.91. The van der Waals surface area contributed by atoms with Gasteiger partial charge in [-0.15, -0.1) is 0 Å². The standard InChI is InChI=1S/C23H17Br2N5O2S/c1-26-23(32)29-28-21(33)14-7-9-16(10-8-14)30-20(13-5-3-2-4-6-13)27-19-17(22(30)31)11-15(24)12-18(19)25/h2-12H,1H3,(H,28,33)(H2,26,29,32). The summed E-state index contributed by atoms with van der Waals surface area (Å²) in [4.78, 5) is 30.2. The van der Waals surface area contributed by atoms with Gasteiger partial charge in [0.25, 0.3) is 5.56 Å². The van der Waals surface area contributed by atoms with Crippen LogP contribution in [-0.2, 0) is 0 Å². The fraction of sp³-hybridized carbons (Fsp3) is 0.0435. The van der Waals surface area contributed by atoms with E-state index in [-0.39, 0.29) is 5.56 Å². The van der Waals surface area contributed by atoms with Gasteiger partial charge in [0.1, 0.15) is 10.8 Å².